The van der Waals surface area contributed by atoms with E-state index in [9.17, 15) is 4.79 Å². The third kappa shape index (κ3) is 3.19. The molecule has 0 aliphatic carbocycles. The van der Waals surface area contributed by atoms with Crippen molar-refractivity contribution in [3.05, 3.63) is 35.7 Å². The van der Waals surface area contributed by atoms with Crippen molar-refractivity contribution in [1.29, 1.82) is 0 Å². The topological polar surface area (TPSA) is 102 Å². The lowest BCUT2D eigenvalue weighted by atomic mass is 10.2. The summed E-state index contributed by atoms with van der Waals surface area (Å²) in [5, 5.41) is 7.02. The predicted molar refractivity (Wildman–Crippen MR) is 70.4 cm³/mol. The van der Waals surface area contributed by atoms with E-state index in [-0.39, 0.29) is 5.91 Å². The highest BCUT2D eigenvalue weighted by atomic mass is 16.1. The lowest BCUT2D eigenvalue weighted by Crippen LogP contribution is -2.23. The number of nitrogens with two attached hydrogens (primary N) is 1. The van der Waals surface area contributed by atoms with Crippen molar-refractivity contribution < 1.29 is 4.79 Å². The molecule has 0 atom stereocenters. The Hall–Kier alpha value is -2.15. The molecule has 0 fully saturated rings. The van der Waals surface area contributed by atoms with Gasteiger partial charge in [-0.3, -0.25) is 9.48 Å². The number of nitrogens with one attached hydrogen (secondary N) is 2. The average molecular weight is 262 g/mol. The highest BCUT2D eigenvalue weighted by Gasteiger charge is 2.13. The van der Waals surface area contributed by atoms with E-state index in [1.54, 1.807) is 23.4 Å². The average Bonchev–Trinajstić information content (AvgIpc) is 3.03. The fourth-order valence-electron chi connectivity index (χ4n) is 1.79. The van der Waals surface area contributed by atoms with Crippen molar-refractivity contribution in [3.8, 4) is 0 Å². The smallest absolute Gasteiger partial charge is 0.255 e. The van der Waals surface area contributed by atoms with Crippen molar-refractivity contribution in [3.63, 3.8) is 0 Å². The Kier molecular flexibility index (Phi) is 4.30. The van der Waals surface area contributed by atoms with E-state index < -0.39 is 0 Å². The molecule has 2 aromatic heterocycles. The maximum Gasteiger partial charge on any atom is 0.255 e. The number of aryl methyl sites for hydroxylation is 1. The molecule has 4 N–H and O–H groups in total. The summed E-state index contributed by atoms with van der Waals surface area (Å²) in [6, 6.07) is 0. The first-order valence-electron chi connectivity index (χ1n) is 6.20. The van der Waals surface area contributed by atoms with Gasteiger partial charge in [-0.25, -0.2) is 4.98 Å². The molecule has 0 aromatic carbocycles. The minimum atomic E-state index is -0.133. The van der Waals surface area contributed by atoms with Crippen LogP contribution < -0.4 is 11.1 Å². The number of nitrogens with zero attached hydrogens (tertiary/aromatic N) is 3. The van der Waals surface area contributed by atoms with Crippen molar-refractivity contribution >= 4 is 5.91 Å². The van der Waals surface area contributed by atoms with E-state index in [1.165, 1.54) is 0 Å². The minimum Gasteiger partial charge on any atom is -0.347 e. The second kappa shape index (κ2) is 6.14. The number of carbonyl (C=O) groups excluding carboxylic acids is 1. The van der Waals surface area contributed by atoms with Crippen LogP contribution >= 0.6 is 0 Å². The summed E-state index contributed by atoms with van der Waals surface area (Å²) < 4.78 is 1.80. The SMILES string of the molecule is Cc1c(C(=O)NCc2cnc[nH]2)cnn1CCCN. The molecule has 0 aliphatic heterocycles. The van der Waals surface area contributed by atoms with E-state index in [0.717, 1.165) is 24.4 Å². The number of aromatic nitrogens is 4. The minimum absolute atomic E-state index is 0.133. The molecule has 0 saturated heterocycles. The molecule has 7 nitrogen and oxygen atoms in total. The zero-order valence-corrected chi connectivity index (χ0v) is 10.9. The first-order valence-corrected chi connectivity index (χ1v) is 6.20. The molecule has 0 radical (unpaired) electrons. The summed E-state index contributed by atoms with van der Waals surface area (Å²) in [7, 11) is 0. The van der Waals surface area contributed by atoms with Crippen LogP contribution in [0.3, 0.4) is 0 Å². The molecular weight excluding hydrogens is 244 g/mol. The van der Waals surface area contributed by atoms with Gasteiger partial charge in [-0.2, -0.15) is 5.10 Å². The van der Waals surface area contributed by atoms with Gasteiger partial charge in [0.1, 0.15) is 0 Å². The molecular formula is C12H18N6O. The Morgan fingerprint density at radius 3 is 3.05 bits per heavy atom. The number of hydrogen-bond acceptors (Lipinski definition) is 4. The van der Waals surface area contributed by atoms with Gasteiger partial charge in [-0.15, -0.1) is 0 Å². The third-order valence-electron chi connectivity index (χ3n) is 2.92. The summed E-state index contributed by atoms with van der Waals surface area (Å²) in [6.45, 7) is 3.65. The van der Waals surface area contributed by atoms with Crippen LogP contribution in [0.15, 0.2) is 18.7 Å². The lowest BCUT2D eigenvalue weighted by molar-refractivity contribution is 0.0949. The molecule has 0 aliphatic rings. The summed E-state index contributed by atoms with van der Waals surface area (Å²) >= 11 is 0. The fraction of sp³-hybridized carbons (Fsp3) is 0.417. The van der Waals surface area contributed by atoms with Crippen molar-refractivity contribution in [2.75, 3.05) is 6.54 Å². The van der Waals surface area contributed by atoms with Gasteiger partial charge < -0.3 is 16.0 Å². The third-order valence-corrected chi connectivity index (χ3v) is 2.92. The van der Waals surface area contributed by atoms with Gasteiger partial charge in [-0.1, -0.05) is 0 Å². The molecule has 1 amide bonds. The van der Waals surface area contributed by atoms with Gasteiger partial charge in [-0.05, 0) is 19.9 Å². The molecule has 0 bridgehead atoms. The van der Waals surface area contributed by atoms with Gasteiger partial charge in [0, 0.05) is 18.4 Å². The fourth-order valence-corrected chi connectivity index (χ4v) is 1.79. The number of amides is 1. The Labute approximate surface area is 111 Å². The van der Waals surface area contributed by atoms with Crippen LogP contribution in [-0.4, -0.2) is 32.2 Å². The van der Waals surface area contributed by atoms with E-state index in [0.29, 0.717) is 18.7 Å². The molecule has 0 spiro atoms. The molecule has 2 heterocycles. The van der Waals surface area contributed by atoms with E-state index in [1.807, 2.05) is 6.92 Å². The van der Waals surface area contributed by atoms with Crippen molar-refractivity contribution in [2.24, 2.45) is 5.73 Å². The van der Waals surface area contributed by atoms with Gasteiger partial charge >= 0.3 is 0 Å². The van der Waals surface area contributed by atoms with Crippen molar-refractivity contribution in [2.45, 2.75) is 26.4 Å². The second-order valence-corrected chi connectivity index (χ2v) is 4.27. The van der Waals surface area contributed by atoms with Crippen LogP contribution in [0, 0.1) is 6.92 Å². The molecule has 7 heteroatoms. The molecule has 0 unspecified atom stereocenters. The van der Waals surface area contributed by atoms with E-state index in [2.05, 4.69) is 20.4 Å². The number of rotatable bonds is 6. The number of imidazole rings is 1. The lowest BCUT2D eigenvalue weighted by Gasteiger charge is -2.05. The quantitative estimate of drug-likeness (QED) is 0.691. The number of hydrogen-bond donors (Lipinski definition) is 3. The summed E-state index contributed by atoms with van der Waals surface area (Å²) in [5.41, 5.74) is 7.78. The van der Waals surface area contributed by atoms with Crippen LogP contribution in [0.5, 0.6) is 0 Å². The highest BCUT2D eigenvalue weighted by molar-refractivity contribution is 5.94. The summed E-state index contributed by atoms with van der Waals surface area (Å²) in [6.07, 6.45) is 5.70. The van der Waals surface area contributed by atoms with Gasteiger partial charge in [0.2, 0.25) is 0 Å². The standard InChI is InChI=1S/C12H18N6O/c1-9-11(7-17-18(9)4-2-3-13)12(19)15-6-10-5-14-8-16-10/h5,7-8H,2-4,6,13H2,1H3,(H,14,16)(H,15,19). The largest absolute Gasteiger partial charge is 0.347 e. The number of aromatic amines is 1. The molecule has 0 saturated carbocycles. The van der Waals surface area contributed by atoms with Gasteiger partial charge in [0.05, 0.1) is 30.3 Å². The van der Waals surface area contributed by atoms with Crippen LogP contribution in [0.1, 0.15) is 28.2 Å². The Morgan fingerprint density at radius 1 is 1.53 bits per heavy atom. The Bertz CT molecular complexity index is 530. The maximum atomic E-state index is 12.0. The van der Waals surface area contributed by atoms with Crippen molar-refractivity contribution in [1.82, 2.24) is 25.1 Å². The first kappa shape index (κ1) is 13.3. The number of H-pyrrole nitrogens is 1. The Balaban J connectivity index is 1.97. The zero-order chi connectivity index (χ0) is 13.7. The van der Waals surface area contributed by atoms with Crippen LogP contribution in [0.25, 0.3) is 0 Å². The molecule has 102 valence electrons. The first-order chi connectivity index (χ1) is 9.22. The van der Waals surface area contributed by atoms with Crippen LogP contribution in [0.4, 0.5) is 0 Å². The molecule has 2 rings (SSSR count). The zero-order valence-electron chi connectivity index (χ0n) is 10.9. The summed E-state index contributed by atoms with van der Waals surface area (Å²) in [4.78, 5) is 18.8. The maximum absolute atomic E-state index is 12.0. The highest BCUT2D eigenvalue weighted by Crippen LogP contribution is 2.08. The summed E-state index contributed by atoms with van der Waals surface area (Å²) in [5.74, 6) is -0.133. The molecule has 19 heavy (non-hydrogen) atoms. The van der Waals surface area contributed by atoms with Gasteiger partial charge in [0.25, 0.3) is 5.91 Å². The monoisotopic (exact) mass is 262 g/mol. The van der Waals surface area contributed by atoms with Gasteiger partial charge in [0.15, 0.2) is 0 Å². The predicted octanol–water partition coefficient (Wildman–Crippen LogP) is 0.193. The molecule has 2 aromatic rings. The normalized spacial score (nSPS) is 10.6. The van der Waals surface area contributed by atoms with E-state index >= 15 is 0 Å². The van der Waals surface area contributed by atoms with Crippen LogP contribution in [0.2, 0.25) is 0 Å². The second-order valence-electron chi connectivity index (χ2n) is 4.27. The number of carbonyl (C=O) groups is 1. The van der Waals surface area contributed by atoms with Crippen LogP contribution in [-0.2, 0) is 13.1 Å². The van der Waals surface area contributed by atoms with E-state index in [4.69, 9.17) is 5.73 Å². The Morgan fingerprint density at radius 2 is 2.37 bits per heavy atom.